The highest BCUT2D eigenvalue weighted by molar-refractivity contribution is 7.19. The molecule has 0 amide bonds. The van der Waals surface area contributed by atoms with Crippen LogP contribution in [0.4, 0.5) is 0 Å². The van der Waals surface area contributed by atoms with Crippen LogP contribution < -0.4 is 10.6 Å². The maximum atomic E-state index is 10.6. The van der Waals surface area contributed by atoms with E-state index >= 15 is 0 Å². The number of aliphatic hydroxyl groups is 1. The molecule has 1 unspecified atom stereocenters. The van der Waals surface area contributed by atoms with Gasteiger partial charge in [0.2, 0.25) is 0 Å². The topological polar surface area (TPSA) is 74.5 Å². The van der Waals surface area contributed by atoms with Crippen LogP contribution in [0.15, 0.2) is 35.3 Å². The van der Waals surface area contributed by atoms with E-state index in [-0.39, 0.29) is 0 Å². The van der Waals surface area contributed by atoms with Gasteiger partial charge in [-0.3, -0.25) is 9.67 Å². The van der Waals surface area contributed by atoms with Crippen molar-refractivity contribution >= 4 is 27.4 Å². The number of aliphatic imine (C=N–C) groups is 1. The van der Waals surface area contributed by atoms with Crippen LogP contribution >= 0.6 is 11.3 Å². The maximum absolute atomic E-state index is 10.6. The summed E-state index contributed by atoms with van der Waals surface area (Å²) in [4.78, 5) is 5.25. The first-order chi connectivity index (χ1) is 13.6. The Bertz CT molecular complexity index is 926. The third-order valence-electron chi connectivity index (χ3n) is 4.92. The molecule has 3 N–H and O–H groups in total. The molecule has 3 aromatic rings. The molecule has 150 valence electrons. The van der Waals surface area contributed by atoms with Crippen molar-refractivity contribution < 1.29 is 5.11 Å². The second-order valence-electron chi connectivity index (χ2n) is 6.71. The van der Waals surface area contributed by atoms with Gasteiger partial charge < -0.3 is 15.7 Å². The van der Waals surface area contributed by atoms with Gasteiger partial charge in [-0.2, -0.15) is 5.10 Å². The van der Waals surface area contributed by atoms with Crippen molar-refractivity contribution in [2.24, 2.45) is 12.0 Å². The van der Waals surface area contributed by atoms with Gasteiger partial charge in [0.25, 0.3) is 0 Å². The maximum Gasteiger partial charge on any atom is 0.191 e. The first kappa shape index (κ1) is 20.4. The van der Waals surface area contributed by atoms with Gasteiger partial charge in [0, 0.05) is 48.0 Å². The zero-order chi connectivity index (χ0) is 20.1. The summed E-state index contributed by atoms with van der Waals surface area (Å²) in [5.41, 5.74) is 3.60. The van der Waals surface area contributed by atoms with E-state index < -0.39 is 6.10 Å². The first-order valence-electron chi connectivity index (χ1n) is 9.72. The molecule has 3 rings (SSSR count). The number of fused-ring (bicyclic) bond motifs is 1. The van der Waals surface area contributed by atoms with Crippen LogP contribution in [0.25, 0.3) is 10.1 Å². The third kappa shape index (κ3) is 4.36. The van der Waals surface area contributed by atoms with Crippen LogP contribution in [-0.4, -0.2) is 34.4 Å². The molecule has 0 bridgehead atoms. The third-order valence-corrected chi connectivity index (χ3v) is 6.14. The van der Waals surface area contributed by atoms with Crippen molar-refractivity contribution in [2.75, 3.05) is 13.6 Å². The lowest BCUT2D eigenvalue weighted by Crippen LogP contribution is -2.39. The number of aryl methyl sites for hydroxylation is 2. The van der Waals surface area contributed by atoms with Crippen molar-refractivity contribution in [3.63, 3.8) is 0 Å². The summed E-state index contributed by atoms with van der Waals surface area (Å²) in [7, 11) is 3.74. The van der Waals surface area contributed by atoms with E-state index in [2.05, 4.69) is 52.8 Å². The quantitative estimate of drug-likeness (QED) is 0.421. The summed E-state index contributed by atoms with van der Waals surface area (Å²) < 4.78 is 3.16. The fraction of sp³-hybridized carbons (Fsp3) is 0.429. The second-order valence-corrected chi connectivity index (χ2v) is 7.83. The SMILES string of the molecule is CCc1nn(C)c(CC)c1CNC(=NC)NCC(O)c1cc2ccccc2s1. The Morgan fingerprint density at radius 1 is 1.25 bits per heavy atom. The molecule has 28 heavy (non-hydrogen) atoms. The van der Waals surface area contributed by atoms with Crippen LogP contribution in [0, 0.1) is 0 Å². The highest BCUT2D eigenvalue weighted by Crippen LogP contribution is 2.29. The number of hydrogen-bond donors (Lipinski definition) is 3. The standard InChI is InChI=1S/C21H29N5OS/c1-5-16-15(17(6-2)26(4)25-16)12-23-21(22-3)24-13-18(27)20-11-14-9-7-8-10-19(14)28-20/h7-11,18,27H,5-6,12-13H2,1-4H3,(H2,22,23,24). The Hall–Kier alpha value is -2.38. The number of benzene rings is 1. The molecule has 7 heteroatoms. The van der Waals surface area contributed by atoms with Crippen LogP contribution in [0.5, 0.6) is 0 Å². The average molecular weight is 400 g/mol. The molecular weight excluding hydrogens is 370 g/mol. The lowest BCUT2D eigenvalue weighted by molar-refractivity contribution is 0.184. The van der Waals surface area contributed by atoms with Crippen LogP contribution in [0.3, 0.4) is 0 Å². The number of aliphatic hydroxyl groups excluding tert-OH is 1. The van der Waals surface area contributed by atoms with Gasteiger partial charge >= 0.3 is 0 Å². The lowest BCUT2D eigenvalue weighted by Gasteiger charge is -2.15. The summed E-state index contributed by atoms with van der Waals surface area (Å²) >= 11 is 1.63. The Morgan fingerprint density at radius 3 is 2.71 bits per heavy atom. The Morgan fingerprint density at radius 2 is 2.04 bits per heavy atom. The van der Waals surface area contributed by atoms with Gasteiger partial charge in [-0.05, 0) is 30.4 Å². The van der Waals surface area contributed by atoms with E-state index in [0.717, 1.165) is 23.4 Å². The number of hydrogen-bond acceptors (Lipinski definition) is 4. The van der Waals surface area contributed by atoms with Crippen molar-refractivity contribution in [3.05, 3.63) is 52.2 Å². The molecule has 0 aliphatic heterocycles. The van der Waals surface area contributed by atoms with Gasteiger partial charge in [-0.1, -0.05) is 32.0 Å². The molecule has 2 heterocycles. The molecule has 0 aliphatic carbocycles. The van der Waals surface area contributed by atoms with Gasteiger partial charge in [0.1, 0.15) is 6.10 Å². The molecule has 0 spiro atoms. The fourth-order valence-electron chi connectivity index (χ4n) is 3.45. The first-order valence-corrected chi connectivity index (χ1v) is 10.5. The summed E-state index contributed by atoms with van der Waals surface area (Å²) in [6, 6.07) is 10.2. The molecule has 1 atom stereocenters. The van der Waals surface area contributed by atoms with Crippen molar-refractivity contribution in [2.45, 2.75) is 39.3 Å². The van der Waals surface area contributed by atoms with Crippen LogP contribution in [0.2, 0.25) is 0 Å². The van der Waals surface area contributed by atoms with Gasteiger partial charge in [0.15, 0.2) is 5.96 Å². The Labute approximate surface area is 170 Å². The van der Waals surface area contributed by atoms with Crippen molar-refractivity contribution in [3.8, 4) is 0 Å². The smallest absolute Gasteiger partial charge is 0.191 e. The van der Waals surface area contributed by atoms with Gasteiger partial charge in [-0.15, -0.1) is 11.3 Å². The summed E-state index contributed by atoms with van der Waals surface area (Å²) in [5, 5.41) is 22.9. The van der Waals surface area contributed by atoms with Crippen LogP contribution in [-0.2, 0) is 26.4 Å². The van der Waals surface area contributed by atoms with Gasteiger partial charge in [-0.25, -0.2) is 0 Å². The van der Waals surface area contributed by atoms with Crippen molar-refractivity contribution in [1.82, 2.24) is 20.4 Å². The second kappa shape index (κ2) is 9.21. The minimum atomic E-state index is -0.577. The average Bonchev–Trinajstić information content (AvgIpc) is 3.28. The molecule has 0 radical (unpaired) electrons. The van der Waals surface area contributed by atoms with E-state index in [1.54, 1.807) is 18.4 Å². The highest BCUT2D eigenvalue weighted by Gasteiger charge is 2.15. The summed E-state index contributed by atoms with van der Waals surface area (Å²) in [5.74, 6) is 0.674. The summed E-state index contributed by atoms with van der Waals surface area (Å²) in [6.45, 7) is 5.34. The van der Waals surface area contributed by atoms with Crippen molar-refractivity contribution in [1.29, 1.82) is 0 Å². The van der Waals surface area contributed by atoms with Gasteiger partial charge in [0.05, 0.1) is 5.69 Å². The Kier molecular flexibility index (Phi) is 6.70. The molecule has 1 aromatic carbocycles. The van der Waals surface area contributed by atoms with E-state index in [1.807, 2.05) is 23.9 Å². The van der Waals surface area contributed by atoms with E-state index in [1.165, 1.54) is 21.3 Å². The molecule has 0 saturated carbocycles. The minimum absolute atomic E-state index is 0.404. The lowest BCUT2D eigenvalue weighted by atomic mass is 10.1. The molecule has 6 nitrogen and oxygen atoms in total. The molecular formula is C21H29N5OS. The molecule has 2 aromatic heterocycles. The molecule has 0 saturated heterocycles. The highest BCUT2D eigenvalue weighted by atomic mass is 32.1. The largest absolute Gasteiger partial charge is 0.386 e. The predicted molar refractivity (Wildman–Crippen MR) is 117 cm³/mol. The Balaban J connectivity index is 1.60. The zero-order valence-electron chi connectivity index (χ0n) is 17.0. The number of nitrogens with zero attached hydrogens (tertiary/aromatic N) is 3. The summed E-state index contributed by atoms with van der Waals surface area (Å²) in [6.07, 6.45) is 1.27. The van der Waals surface area contributed by atoms with E-state index in [0.29, 0.717) is 19.0 Å². The number of aromatic nitrogens is 2. The molecule has 0 aliphatic rings. The number of thiophene rings is 1. The minimum Gasteiger partial charge on any atom is -0.386 e. The fourth-order valence-corrected chi connectivity index (χ4v) is 4.50. The van der Waals surface area contributed by atoms with E-state index in [9.17, 15) is 5.11 Å². The van der Waals surface area contributed by atoms with E-state index in [4.69, 9.17) is 0 Å². The predicted octanol–water partition coefficient (Wildman–Crippen LogP) is 3.16. The number of nitrogens with one attached hydrogen (secondary N) is 2. The number of rotatable bonds is 7. The number of guanidine groups is 1. The molecule has 0 fully saturated rings. The normalized spacial score (nSPS) is 13.1. The van der Waals surface area contributed by atoms with Crippen LogP contribution in [0.1, 0.15) is 41.8 Å². The monoisotopic (exact) mass is 399 g/mol. The zero-order valence-corrected chi connectivity index (χ0v) is 17.8.